The Labute approximate surface area is 123 Å². The molecule has 1 aromatic carbocycles. The van der Waals surface area contributed by atoms with Crippen LogP contribution in [0.1, 0.15) is 21.0 Å². The molecule has 0 N–H and O–H groups in total. The molecule has 1 amide bonds. The molecule has 3 heterocycles. The maximum atomic E-state index is 13.2. The highest BCUT2D eigenvalue weighted by Gasteiger charge is 2.25. The number of hydrogen-bond acceptors (Lipinski definition) is 4. The number of halogens is 1. The predicted molar refractivity (Wildman–Crippen MR) is 76.7 cm³/mol. The molecule has 1 aliphatic heterocycles. The van der Waals surface area contributed by atoms with Crippen molar-refractivity contribution < 1.29 is 13.7 Å². The van der Waals surface area contributed by atoms with E-state index in [-0.39, 0.29) is 11.7 Å². The number of amides is 1. The third kappa shape index (κ3) is 2.12. The van der Waals surface area contributed by atoms with Crippen molar-refractivity contribution in [3.05, 3.63) is 52.5 Å². The minimum absolute atomic E-state index is 0.0246. The minimum atomic E-state index is -0.286. The summed E-state index contributed by atoms with van der Waals surface area (Å²) in [5.74, 6) is 0.548. The summed E-state index contributed by atoms with van der Waals surface area (Å²) in [6.07, 6.45) is 2.34. The summed E-state index contributed by atoms with van der Waals surface area (Å²) in [4.78, 5) is 15.0. The predicted octanol–water partition coefficient (Wildman–Crippen LogP) is 3.23. The van der Waals surface area contributed by atoms with E-state index in [1.54, 1.807) is 23.2 Å². The summed E-state index contributed by atoms with van der Waals surface area (Å²) in [6, 6.07) is 6.34. The Balaban J connectivity index is 1.64. The number of hydrogen-bond donors (Lipinski definition) is 0. The first-order valence-electron chi connectivity index (χ1n) is 6.61. The van der Waals surface area contributed by atoms with Crippen molar-refractivity contribution in [1.29, 1.82) is 0 Å². The lowest BCUT2D eigenvalue weighted by Crippen LogP contribution is -2.35. The third-order valence-corrected chi connectivity index (χ3v) is 4.78. The Morgan fingerprint density at radius 3 is 3.19 bits per heavy atom. The number of benzene rings is 1. The van der Waals surface area contributed by atoms with Gasteiger partial charge in [-0.2, -0.15) is 0 Å². The Morgan fingerprint density at radius 1 is 1.38 bits per heavy atom. The van der Waals surface area contributed by atoms with Gasteiger partial charge in [-0.15, -0.1) is 11.3 Å². The van der Waals surface area contributed by atoms with E-state index in [1.165, 1.54) is 23.5 Å². The molecule has 2 aromatic heterocycles. The van der Waals surface area contributed by atoms with Crippen molar-refractivity contribution in [3.63, 3.8) is 0 Å². The number of nitrogens with zero attached hydrogens (tertiary/aromatic N) is 2. The van der Waals surface area contributed by atoms with E-state index < -0.39 is 0 Å². The van der Waals surface area contributed by atoms with Crippen molar-refractivity contribution in [3.8, 4) is 0 Å². The average molecular weight is 302 g/mol. The Hall–Kier alpha value is -2.21. The maximum absolute atomic E-state index is 13.2. The van der Waals surface area contributed by atoms with Crippen LogP contribution in [-0.4, -0.2) is 22.5 Å². The van der Waals surface area contributed by atoms with Gasteiger partial charge in [-0.3, -0.25) is 4.79 Å². The summed E-state index contributed by atoms with van der Waals surface area (Å²) in [5, 5.41) is 4.53. The van der Waals surface area contributed by atoms with Crippen LogP contribution < -0.4 is 0 Å². The second kappa shape index (κ2) is 4.66. The first-order valence-corrected chi connectivity index (χ1v) is 7.43. The molecular formula is C15H11FN2O2S. The molecule has 0 bridgehead atoms. The fourth-order valence-electron chi connectivity index (χ4n) is 2.59. The molecule has 0 atom stereocenters. The van der Waals surface area contributed by atoms with Gasteiger partial charge in [-0.05, 0) is 29.7 Å². The van der Waals surface area contributed by atoms with Crippen LogP contribution in [0.2, 0.25) is 0 Å². The highest BCUT2D eigenvalue weighted by atomic mass is 32.1. The Morgan fingerprint density at radius 2 is 2.29 bits per heavy atom. The summed E-state index contributed by atoms with van der Waals surface area (Å²) in [5.41, 5.74) is 0.960. The third-order valence-electron chi connectivity index (χ3n) is 3.68. The monoisotopic (exact) mass is 302 g/mol. The number of rotatable bonds is 1. The van der Waals surface area contributed by atoms with Gasteiger partial charge in [-0.25, -0.2) is 4.39 Å². The molecular weight excluding hydrogens is 291 g/mol. The molecule has 0 spiro atoms. The second-order valence-electron chi connectivity index (χ2n) is 5.04. The zero-order valence-electron chi connectivity index (χ0n) is 11.0. The van der Waals surface area contributed by atoms with Crippen molar-refractivity contribution in [1.82, 2.24) is 10.1 Å². The molecule has 21 heavy (non-hydrogen) atoms. The lowest BCUT2D eigenvalue weighted by molar-refractivity contribution is 0.0734. The molecule has 0 unspecified atom stereocenters. The minimum Gasteiger partial charge on any atom is -0.361 e. The number of carbonyl (C=O) groups is 1. The highest BCUT2D eigenvalue weighted by Crippen LogP contribution is 2.28. The zero-order chi connectivity index (χ0) is 14.4. The Bertz CT molecular complexity index is 839. The van der Waals surface area contributed by atoms with E-state index in [2.05, 4.69) is 5.16 Å². The quantitative estimate of drug-likeness (QED) is 0.693. The second-order valence-corrected chi connectivity index (χ2v) is 6.13. The van der Waals surface area contributed by atoms with Crippen LogP contribution in [0.5, 0.6) is 0 Å². The van der Waals surface area contributed by atoms with E-state index in [9.17, 15) is 9.18 Å². The molecule has 1 aliphatic rings. The highest BCUT2D eigenvalue weighted by molar-refractivity contribution is 7.20. The smallest absolute Gasteiger partial charge is 0.264 e. The molecule has 0 saturated heterocycles. The SMILES string of the molecule is O=C(c1cc2cc(F)ccc2s1)N1CCc2oncc2C1. The van der Waals surface area contributed by atoms with Crippen molar-refractivity contribution in [2.45, 2.75) is 13.0 Å². The topological polar surface area (TPSA) is 46.3 Å². The number of thiophene rings is 1. The lowest BCUT2D eigenvalue weighted by atomic mass is 10.1. The van der Waals surface area contributed by atoms with Gasteiger partial charge in [0.05, 0.1) is 17.6 Å². The maximum Gasteiger partial charge on any atom is 0.264 e. The fraction of sp³-hybridized carbons (Fsp3) is 0.200. The van der Waals surface area contributed by atoms with Crippen molar-refractivity contribution >= 4 is 27.3 Å². The van der Waals surface area contributed by atoms with E-state index in [4.69, 9.17) is 4.52 Å². The van der Waals surface area contributed by atoms with E-state index in [0.29, 0.717) is 24.4 Å². The van der Waals surface area contributed by atoms with E-state index >= 15 is 0 Å². The summed E-state index contributed by atoms with van der Waals surface area (Å²) in [7, 11) is 0. The van der Waals surface area contributed by atoms with Crippen molar-refractivity contribution in [2.75, 3.05) is 6.54 Å². The molecule has 6 heteroatoms. The molecule has 106 valence electrons. The van der Waals surface area contributed by atoms with Gasteiger partial charge in [0.1, 0.15) is 11.6 Å². The van der Waals surface area contributed by atoms with Gasteiger partial charge in [-0.1, -0.05) is 5.16 Å². The first kappa shape index (κ1) is 12.5. The van der Waals surface area contributed by atoms with Crippen LogP contribution in [0, 0.1) is 5.82 Å². The number of carbonyl (C=O) groups excluding carboxylic acids is 1. The summed E-state index contributed by atoms with van der Waals surface area (Å²) >= 11 is 1.39. The molecule has 4 rings (SSSR count). The largest absolute Gasteiger partial charge is 0.361 e. The van der Waals surface area contributed by atoms with Gasteiger partial charge < -0.3 is 9.42 Å². The zero-order valence-corrected chi connectivity index (χ0v) is 11.8. The standard InChI is InChI=1S/C15H11FN2O2S/c16-11-1-2-13-9(5-11)6-14(21-13)15(19)18-4-3-12-10(8-18)7-17-20-12/h1-2,5-7H,3-4,8H2. The molecule has 0 fully saturated rings. The Kier molecular flexibility index (Phi) is 2.78. The summed E-state index contributed by atoms with van der Waals surface area (Å²) < 4.78 is 19.3. The lowest BCUT2D eigenvalue weighted by Gasteiger charge is -2.25. The van der Waals surface area contributed by atoms with Crippen LogP contribution >= 0.6 is 11.3 Å². The molecule has 0 aliphatic carbocycles. The van der Waals surface area contributed by atoms with Gasteiger partial charge in [0, 0.05) is 23.2 Å². The van der Waals surface area contributed by atoms with E-state index in [1.807, 2.05) is 0 Å². The molecule has 3 aromatic rings. The van der Waals surface area contributed by atoms with Gasteiger partial charge >= 0.3 is 0 Å². The van der Waals surface area contributed by atoms with Crippen LogP contribution in [0.15, 0.2) is 35.0 Å². The van der Waals surface area contributed by atoms with Crippen LogP contribution in [0.4, 0.5) is 4.39 Å². The normalized spacial score (nSPS) is 14.4. The molecule has 0 saturated carbocycles. The van der Waals surface area contributed by atoms with Gasteiger partial charge in [0.2, 0.25) is 0 Å². The molecule has 0 radical (unpaired) electrons. The average Bonchev–Trinajstić information content (AvgIpc) is 3.11. The van der Waals surface area contributed by atoms with Crippen LogP contribution in [0.25, 0.3) is 10.1 Å². The van der Waals surface area contributed by atoms with Crippen molar-refractivity contribution in [2.24, 2.45) is 0 Å². The summed E-state index contributed by atoms with van der Waals surface area (Å²) in [6.45, 7) is 1.13. The van der Waals surface area contributed by atoms with Gasteiger partial charge in [0.15, 0.2) is 0 Å². The molecule has 4 nitrogen and oxygen atoms in total. The number of fused-ring (bicyclic) bond motifs is 2. The number of aromatic nitrogens is 1. The van der Waals surface area contributed by atoms with Crippen LogP contribution in [0.3, 0.4) is 0 Å². The van der Waals surface area contributed by atoms with E-state index in [0.717, 1.165) is 21.4 Å². The van der Waals surface area contributed by atoms with Gasteiger partial charge in [0.25, 0.3) is 5.91 Å². The first-order chi connectivity index (χ1) is 10.2. The fourth-order valence-corrected chi connectivity index (χ4v) is 3.60. The van der Waals surface area contributed by atoms with Crippen LogP contribution in [-0.2, 0) is 13.0 Å².